The molecule has 47 heavy (non-hydrogen) atoms. The summed E-state index contributed by atoms with van der Waals surface area (Å²) in [5.41, 5.74) is 8.94. The van der Waals surface area contributed by atoms with Gasteiger partial charge in [0.2, 0.25) is 0 Å². The summed E-state index contributed by atoms with van der Waals surface area (Å²) in [4.78, 5) is 19.7. The molecule has 3 heterocycles. The fourth-order valence-electron chi connectivity index (χ4n) is 6.58. The van der Waals surface area contributed by atoms with Crippen molar-refractivity contribution >= 4 is 21.5 Å². The van der Waals surface area contributed by atoms with Gasteiger partial charge >= 0.3 is 5.69 Å². The van der Waals surface area contributed by atoms with Crippen molar-refractivity contribution in [3.63, 3.8) is 0 Å². The topological polar surface area (TPSA) is 164 Å². The second-order valence-electron chi connectivity index (χ2n) is 12.7. The number of sulfonamides is 1. The van der Waals surface area contributed by atoms with Crippen molar-refractivity contribution in [1.29, 1.82) is 0 Å². The molecule has 11 nitrogen and oxygen atoms in total. The Kier molecular flexibility index (Phi) is 10.3. The van der Waals surface area contributed by atoms with Crippen molar-refractivity contribution < 1.29 is 18.3 Å². The number of hydrogen-bond donors (Lipinski definition) is 5. The first-order chi connectivity index (χ1) is 22.7. The molecule has 6 N–H and O–H groups in total. The van der Waals surface area contributed by atoms with Crippen LogP contribution in [0.2, 0.25) is 0 Å². The Morgan fingerprint density at radius 3 is 2.64 bits per heavy atom. The van der Waals surface area contributed by atoms with Crippen LogP contribution < -0.4 is 26.2 Å². The summed E-state index contributed by atoms with van der Waals surface area (Å²) in [6, 6.07) is 15.0. The standard InChI is InChI=1S/C35H44N6O5S/c36-34-18-10-26(20-38-34)32(42)22-37-21-30-14-9-25-19-27(11-17-33(25)46-30)40-47(44,45)31-15-12-29(13-16-31)41-23-28(39-35(41)43)8-4-3-7-24-5-1-2-6-24/h10-13,15-20,23-24,30,32,37,40,42H,1-9,14,21-22H2,(H2,36,38)(H,39,43). The number of rotatable bonds is 14. The number of aromatic nitrogens is 3. The van der Waals surface area contributed by atoms with Crippen molar-refractivity contribution in [2.45, 2.75) is 81.3 Å². The summed E-state index contributed by atoms with van der Waals surface area (Å²) in [6.45, 7) is 0.906. The molecular formula is C35H44N6O5S. The van der Waals surface area contributed by atoms with E-state index >= 15 is 0 Å². The van der Waals surface area contributed by atoms with Crippen molar-refractivity contribution in [3.8, 4) is 11.4 Å². The molecule has 0 amide bonds. The number of aryl methyl sites for hydroxylation is 2. The van der Waals surface area contributed by atoms with Gasteiger partial charge in [-0.25, -0.2) is 18.2 Å². The molecule has 2 aromatic carbocycles. The number of pyridine rings is 1. The van der Waals surface area contributed by atoms with E-state index in [0.717, 1.165) is 42.9 Å². The van der Waals surface area contributed by atoms with E-state index in [1.165, 1.54) is 55.2 Å². The second-order valence-corrected chi connectivity index (χ2v) is 14.4. The third kappa shape index (κ3) is 8.43. The van der Waals surface area contributed by atoms with Crippen LogP contribution in [0.1, 0.15) is 74.3 Å². The predicted molar refractivity (Wildman–Crippen MR) is 182 cm³/mol. The summed E-state index contributed by atoms with van der Waals surface area (Å²) in [6.07, 6.45) is 13.8. The zero-order chi connectivity index (χ0) is 32.8. The number of nitrogen functional groups attached to an aromatic ring is 1. The summed E-state index contributed by atoms with van der Waals surface area (Å²) in [5.74, 6) is 1.99. The molecule has 0 bridgehead atoms. The number of aliphatic hydroxyl groups excluding tert-OH is 1. The Morgan fingerprint density at radius 2 is 1.87 bits per heavy atom. The normalized spacial score (nSPS) is 17.3. The van der Waals surface area contributed by atoms with E-state index in [1.54, 1.807) is 48.7 Å². The van der Waals surface area contributed by atoms with E-state index in [9.17, 15) is 18.3 Å². The van der Waals surface area contributed by atoms with Gasteiger partial charge in [0, 0.05) is 42.4 Å². The molecule has 1 aliphatic carbocycles. The largest absolute Gasteiger partial charge is 0.489 e. The lowest BCUT2D eigenvalue weighted by atomic mass is 10.00. The smallest absolute Gasteiger partial charge is 0.330 e. The van der Waals surface area contributed by atoms with E-state index < -0.39 is 16.1 Å². The van der Waals surface area contributed by atoms with Gasteiger partial charge in [-0.15, -0.1) is 0 Å². The molecule has 0 radical (unpaired) electrons. The van der Waals surface area contributed by atoms with Gasteiger partial charge in [0.15, 0.2) is 0 Å². The fraction of sp³-hybridized carbons (Fsp3) is 0.429. The molecule has 2 atom stereocenters. The average Bonchev–Trinajstić information content (AvgIpc) is 3.73. The van der Waals surface area contributed by atoms with Gasteiger partial charge in [-0.1, -0.05) is 44.6 Å². The summed E-state index contributed by atoms with van der Waals surface area (Å²) >= 11 is 0. The Labute approximate surface area is 275 Å². The lowest BCUT2D eigenvalue weighted by molar-refractivity contribution is 0.146. The molecule has 2 unspecified atom stereocenters. The molecule has 4 aromatic rings. The Balaban J connectivity index is 0.997. The maximum atomic E-state index is 13.2. The number of nitrogens with one attached hydrogen (secondary N) is 3. The highest BCUT2D eigenvalue weighted by Gasteiger charge is 2.22. The van der Waals surface area contributed by atoms with Crippen LogP contribution >= 0.6 is 0 Å². The third-order valence-corrected chi connectivity index (χ3v) is 10.6. The van der Waals surface area contributed by atoms with Gasteiger partial charge in [-0.05, 0) is 85.7 Å². The Morgan fingerprint density at radius 1 is 1.06 bits per heavy atom. The van der Waals surface area contributed by atoms with Crippen molar-refractivity contribution in [2.75, 3.05) is 23.5 Å². The van der Waals surface area contributed by atoms with Gasteiger partial charge in [-0.3, -0.25) is 9.29 Å². The number of aromatic amines is 1. The summed E-state index contributed by atoms with van der Waals surface area (Å²) in [5, 5.41) is 13.6. The highest BCUT2D eigenvalue weighted by atomic mass is 32.2. The Bertz CT molecular complexity index is 1800. The maximum Gasteiger partial charge on any atom is 0.330 e. The van der Waals surface area contributed by atoms with E-state index in [1.807, 2.05) is 6.20 Å². The number of aliphatic hydroxyl groups is 1. The van der Waals surface area contributed by atoms with Crippen LogP contribution in [-0.2, 0) is 22.9 Å². The van der Waals surface area contributed by atoms with Crippen molar-refractivity contribution in [1.82, 2.24) is 19.9 Å². The van der Waals surface area contributed by atoms with Gasteiger partial charge in [0.05, 0.1) is 16.7 Å². The number of H-pyrrole nitrogens is 1. The van der Waals surface area contributed by atoms with Crippen LogP contribution in [0, 0.1) is 5.92 Å². The van der Waals surface area contributed by atoms with Gasteiger partial charge in [-0.2, -0.15) is 0 Å². The minimum Gasteiger partial charge on any atom is -0.489 e. The van der Waals surface area contributed by atoms with Crippen molar-refractivity contribution in [3.05, 3.63) is 94.3 Å². The molecule has 250 valence electrons. The van der Waals surface area contributed by atoms with E-state index in [2.05, 4.69) is 20.0 Å². The quantitative estimate of drug-likeness (QED) is 0.120. The van der Waals surface area contributed by atoms with Crippen LogP contribution in [0.3, 0.4) is 0 Å². The molecule has 1 saturated carbocycles. The highest BCUT2D eigenvalue weighted by molar-refractivity contribution is 7.92. The lowest BCUT2D eigenvalue weighted by Gasteiger charge is -2.27. The summed E-state index contributed by atoms with van der Waals surface area (Å²) < 4.78 is 36.8. The zero-order valence-electron chi connectivity index (χ0n) is 26.5. The number of ether oxygens (including phenoxy) is 1. The molecule has 12 heteroatoms. The molecular weight excluding hydrogens is 616 g/mol. The second kappa shape index (κ2) is 14.7. The van der Waals surface area contributed by atoms with Crippen molar-refractivity contribution in [2.24, 2.45) is 5.92 Å². The number of imidazole rings is 1. The first-order valence-electron chi connectivity index (χ1n) is 16.6. The van der Waals surface area contributed by atoms with Crippen LogP contribution in [0.4, 0.5) is 11.5 Å². The number of nitrogens with two attached hydrogens (primary N) is 1. The number of benzene rings is 2. The van der Waals surface area contributed by atoms with E-state index in [-0.39, 0.29) is 16.7 Å². The number of unbranched alkanes of at least 4 members (excludes halogenated alkanes) is 1. The monoisotopic (exact) mass is 660 g/mol. The third-order valence-electron chi connectivity index (χ3n) is 9.23. The minimum absolute atomic E-state index is 0.0782. The molecule has 6 rings (SSSR count). The minimum atomic E-state index is -3.85. The number of nitrogens with zero attached hydrogens (tertiary/aromatic N) is 2. The molecule has 1 aliphatic heterocycles. The number of fused-ring (bicyclic) bond motifs is 1. The highest BCUT2D eigenvalue weighted by Crippen LogP contribution is 2.31. The molecule has 0 spiro atoms. The maximum absolute atomic E-state index is 13.2. The lowest BCUT2D eigenvalue weighted by Crippen LogP contribution is -2.36. The van der Waals surface area contributed by atoms with Crippen LogP contribution in [0.15, 0.2) is 76.7 Å². The van der Waals surface area contributed by atoms with Crippen LogP contribution in [0.5, 0.6) is 5.75 Å². The Hall–Kier alpha value is -4.13. The van der Waals surface area contributed by atoms with Crippen LogP contribution in [-0.4, -0.2) is 47.3 Å². The zero-order valence-corrected chi connectivity index (χ0v) is 27.3. The first kappa shape index (κ1) is 32.8. The van der Waals surface area contributed by atoms with Crippen LogP contribution in [0.25, 0.3) is 5.69 Å². The SMILES string of the molecule is Nc1ccc(C(O)CNCC2CCc3cc(NS(=O)(=O)c4ccc(-n5cc(CCCCC6CCCC6)[nH]c5=O)cc4)ccc3O2)cn1. The fourth-order valence-corrected chi connectivity index (χ4v) is 7.62. The first-order valence-corrected chi connectivity index (χ1v) is 18.1. The molecule has 2 aromatic heterocycles. The molecule has 1 fully saturated rings. The van der Waals surface area contributed by atoms with E-state index in [0.29, 0.717) is 41.6 Å². The van der Waals surface area contributed by atoms with E-state index in [4.69, 9.17) is 10.5 Å². The predicted octanol–water partition coefficient (Wildman–Crippen LogP) is 4.86. The molecule has 0 saturated heterocycles. The van der Waals surface area contributed by atoms with Gasteiger partial charge in [0.25, 0.3) is 10.0 Å². The number of hydrogen-bond acceptors (Lipinski definition) is 8. The number of anilines is 2. The summed E-state index contributed by atoms with van der Waals surface area (Å²) in [7, 11) is -3.85. The van der Waals surface area contributed by atoms with Gasteiger partial charge in [0.1, 0.15) is 17.7 Å². The van der Waals surface area contributed by atoms with Gasteiger partial charge < -0.3 is 25.9 Å². The average molecular weight is 661 g/mol. The molecule has 2 aliphatic rings.